The lowest BCUT2D eigenvalue weighted by Gasteiger charge is -2.40. The number of amidine groups is 1. The molecule has 0 saturated carbocycles. The van der Waals surface area contributed by atoms with Crippen LogP contribution in [0.3, 0.4) is 0 Å². The number of fused-ring (bicyclic) bond motifs is 1. The van der Waals surface area contributed by atoms with E-state index >= 15 is 0 Å². The van der Waals surface area contributed by atoms with Gasteiger partial charge in [-0.25, -0.2) is 9.79 Å². The molecule has 2 aliphatic heterocycles. The van der Waals surface area contributed by atoms with E-state index in [4.69, 9.17) is 4.74 Å². The minimum absolute atomic E-state index is 0.157. The maximum atomic E-state index is 12.8. The molecule has 1 N–H and O–H groups in total. The van der Waals surface area contributed by atoms with Gasteiger partial charge in [0.1, 0.15) is 0 Å². The van der Waals surface area contributed by atoms with Gasteiger partial charge >= 0.3 is 5.97 Å². The maximum Gasteiger partial charge on any atom is 0.338 e. The molecule has 1 atom stereocenters. The van der Waals surface area contributed by atoms with Crippen LogP contribution in [-0.2, 0) is 9.53 Å². The van der Waals surface area contributed by atoms with E-state index < -0.39 is 0 Å². The number of ether oxygens (including phenoxy) is 1. The van der Waals surface area contributed by atoms with Crippen molar-refractivity contribution in [3.8, 4) is 0 Å². The minimum Gasteiger partial charge on any atom is -0.463 e. The topological polar surface area (TPSA) is 71.0 Å². The summed E-state index contributed by atoms with van der Waals surface area (Å²) in [4.78, 5) is 32.1. The van der Waals surface area contributed by atoms with E-state index in [0.717, 1.165) is 29.4 Å². The first-order valence-corrected chi connectivity index (χ1v) is 11.4. The molecular weight excluding hydrogens is 410 g/mol. The molecule has 2 aromatic carbocycles. The van der Waals surface area contributed by atoms with Crippen LogP contribution in [0.2, 0.25) is 0 Å². The van der Waals surface area contributed by atoms with Crippen molar-refractivity contribution in [2.75, 3.05) is 24.2 Å². The summed E-state index contributed by atoms with van der Waals surface area (Å²) in [7, 11) is 0. The van der Waals surface area contributed by atoms with E-state index in [-0.39, 0.29) is 17.9 Å². The summed E-state index contributed by atoms with van der Waals surface area (Å²) in [5.41, 5.74) is 3.55. The highest BCUT2D eigenvalue weighted by Gasteiger charge is 2.37. The summed E-state index contributed by atoms with van der Waals surface area (Å²) < 4.78 is 5.35. The maximum absolute atomic E-state index is 12.8. The fraction of sp³-hybridized carbons (Fsp3) is 0.292. The number of hydrogen-bond acceptors (Lipinski definition) is 6. The molecule has 2 aromatic rings. The zero-order valence-electron chi connectivity index (χ0n) is 17.6. The van der Waals surface area contributed by atoms with Crippen LogP contribution >= 0.6 is 11.8 Å². The predicted molar refractivity (Wildman–Crippen MR) is 124 cm³/mol. The zero-order chi connectivity index (χ0) is 21.8. The van der Waals surface area contributed by atoms with Gasteiger partial charge in [-0.3, -0.25) is 4.79 Å². The second-order valence-corrected chi connectivity index (χ2v) is 8.42. The quantitative estimate of drug-likeness (QED) is 0.694. The summed E-state index contributed by atoms with van der Waals surface area (Å²) in [5.74, 6) is 0.537. The van der Waals surface area contributed by atoms with Gasteiger partial charge < -0.3 is 15.0 Å². The first-order chi connectivity index (χ1) is 15.1. The number of aliphatic imine (C=N–C) groups is 1. The Morgan fingerprint density at radius 3 is 2.61 bits per heavy atom. The Bertz CT molecular complexity index is 1030. The summed E-state index contributed by atoms with van der Waals surface area (Å²) in [6.07, 6.45) is 1.03. The lowest BCUT2D eigenvalue weighted by Crippen LogP contribution is -2.42. The molecule has 0 radical (unpaired) electrons. The third-order valence-electron chi connectivity index (χ3n) is 5.27. The standard InChI is InChI=1S/C24H25N3O3S/c1-3-30-23(29)20-16(2)25-24-27(14-7-15-31-24)21(20)17-10-12-19(13-11-17)26-22(28)18-8-5-4-6-9-18/h4-6,8-13,21H,3,7,14-15H2,1-2H3,(H,26,28)/t21-/m0/s1. The van der Waals surface area contributed by atoms with E-state index in [2.05, 4.69) is 15.2 Å². The molecule has 1 amide bonds. The smallest absolute Gasteiger partial charge is 0.338 e. The molecule has 6 nitrogen and oxygen atoms in total. The van der Waals surface area contributed by atoms with Gasteiger partial charge in [-0.05, 0) is 50.1 Å². The molecule has 2 aliphatic rings. The van der Waals surface area contributed by atoms with E-state index in [1.165, 1.54) is 0 Å². The third kappa shape index (κ3) is 4.51. The van der Waals surface area contributed by atoms with Gasteiger partial charge in [-0.15, -0.1) is 0 Å². The first kappa shape index (κ1) is 21.2. The van der Waals surface area contributed by atoms with Gasteiger partial charge in [-0.2, -0.15) is 0 Å². The number of benzene rings is 2. The van der Waals surface area contributed by atoms with Gasteiger partial charge in [0.25, 0.3) is 5.91 Å². The van der Waals surface area contributed by atoms with Crippen LogP contribution in [0.25, 0.3) is 0 Å². The number of thioether (sulfide) groups is 1. The number of anilines is 1. The summed E-state index contributed by atoms with van der Waals surface area (Å²) in [5, 5.41) is 3.87. The van der Waals surface area contributed by atoms with Gasteiger partial charge in [0.2, 0.25) is 0 Å². The van der Waals surface area contributed by atoms with Crippen molar-refractivity contribution in [2.45, 2.75) is 26.3 Å². The Morgan fingerprint density at radius 1 is 1.16 bits per heavy atom. The molecule has 0 aliphatic carbocycles. The van der Waals surface area contributed by atoms with Crippen molar-refractivity contribution in [1.82, 2.24) is 4.90 Å². The number of carbonyl (C=O) groups is 2. The van der Waals surface area contributed by atoms with E-state index in [1.54, 1.807) is 30.8 Å². The van der Waals surface area contributed by atoms with E-state index in [1.807, 2.05) is 49.4 Å². The van der Waals surface area contributed by atoms with Crippen LogP contribution in [0.15, 0.2) is 70.9 Å². The van der Waals surface area contributed by atoms with E-state index in [0.29, 0.717) is 29.1 Å². The number of hydrogen-bond donors (Lipinski definition) is 1. The van der Waals surface area contributed by atoms with Crippen LogP contribution in [0.5, 0.6) is 0 Å². The zero-order valence-corrected chi connectivity index (χ0v) is 18.4. The molecule has 0 unspecified atom stereocenters. The number of esters is 1. The lowest BCUT2D eigenvalue weighted by molar-refractivity contribution is -0.139. The molecule has 0 spiro atoms. The molecule has 160 valence electrons. The van der Waals surface area contributed by atoms with E-state index in [9.17, 15) is 9.59 Å². The highest BCUT2D eigenvalue weighted by molar-refractivity contribution is 8.13. The van der Waals surface area contributed by atoms with Crippen LogP contribution in [0, 0.1) is 0 Å². The molecule has 4 rings (SSSR count). The Labute approximate surface area is 186 Å². The highest BCUT2D eigenvalue weighted by atomic mass is 32.2. The number of nitrogens with one attached hydrogen (secondary N) is 1. The summed E-state index contributed by atoms with van der Waals surface area (Å²) in [6.45, 7) is 4.83. The average Bonchev–Trinajstić information content (AvgIpc) is 2.79. The Morgan fingerprint density at radius 2 is 1.90 bits per heavy atom. The number of amides is 1. The molecule has 31 heavy (non-hydrogen) atoms. The van der Waals surface area contributed by atoms with Crippen molar-refractivity contribution in [3.05, 3.63) is 77.0 Å². The molecule has 0 aromatic heterocycles. The van der Waals surface area contributed by atoms with Crippen molar-refractivity contribution in [2.24, 2.45) is 4.99 Å². The third-order valence-corrected chi connectivity index (χ3v) is 6.35. The molecule has 7 heteroatoms. The molecule has 1 fully saturated rings. The van der Waals surface area contributed by atoms with Gasteiger partial charge in [0.05, 0.1) is 23.9 Å². The summed E-state index contributed by atoms with van der Waals surface area (Å²) in [6, 6.07) is 16.5. The highest BCUT2D eigenvalue weighted by Crippen LogP contribution is 2.40. The molecule has 2 heterocycles. The lowest BCUT2D eigenvalue weighted by atomic mass is 9.94. The Balaban J connectivity index is 1.62. The number of rotatable bonds is 5. The molecule has 1 saturated heterocycles. The Hall–Kier alpha value is -3.06. The number of allylic oxidation sites excluding steroid dienone is 1. The minimum atomic E-state index is -0.329. The fourth-order valence-electron chi connectivity index (χ4n) is 3.83. The van der Waals surface area contributed by atoms with Gasteiger partial charge in [0, 0.05) is 23.5 Å². The van der Waals surface area contributed by atoms with Crippen LogP contribution < -0.4 is 5.32 Å². The predicted octanol–water partition coefficient (Wildman–Crippen LogP) is 4.63. The molecule has 0 bridgehead atoms. The monoisotopic (exact) mass is 435 g/mol. The van der Waals surface area contributed by atoms with Crippen LogP contribution in [0.4, 0.5) is 5.69 Å². The number of carbonyl (C=O) groups excluding carboxylic acids is 2. The Kier molecular flexibility index (Phi) is 6.42. The van der Waals surface area contributed by atoms with Crippen molar-refractivity contribution >= 4 is 34.5 Å². The second kappa shape index (κ2) is 9.39. The summed E-state index contributed by atoms with van der Waals surface area (Å²) >= 11 is 1.72. The first-order valence-electron chi connectivity index (χ1n) is 10.4. The van der Waals surface area contributed by atoms with Crippen molar-refractivity contribution in [1.29, 1.82) is 0 Å². The normalized spacial score (nSPS) is 18.2. The second-order valence-electron chi connectivity index (χ2n) is 7.35. The van der Waals surface area contributed by atoms with Crippen molar-refractivity contribution < 1.29 is 14.3 Å². The largest absolute Gasteiger partial charge is 0.463 e. The van der Waals surface area contributed by atoms with Crippen LogP contribution in [-0.4, -0.2) is 40.8 Å². The SMILES string of the molecule is CCOC(=O)C1=C(C)N=C2SCCCN2[C@H]1c1ccc(NC(=O)c2ccccc2)cc1. The van der Waals surface area contributed by atoms with Crippen molar-refractivity contribution in [3.63, 3.8) is 0 Å². The fourth-order valence-corrected chi connectivity index (χ4v) is 4.85. The average molecular weight is 436 g/mol. The van der Waals surface area contributed by atoms with Gasteiger partial charge in [0.15, 0.2) is 5.17 Å². The number of nitrogens with zero attached hydrogens (tertiary/aromatic N) is 2. The molecular formula is C24H25N3O3S. The van der Waals surface area contributed by atoms with Gasteiger partial charge in [-0.1, -0.05) is 42.1 Å². The van der Waals surface area contributed by atoms with Crippen LogP contribution in [0.1, 0.15) is 42.2 Å².